The summed E-state index contributed by atoms with van der Waals surface area (Å²) in [5, 5.41) is 3.35. The van der Waals surface area contributed by atoms with Crippen LogP contribution in [0.3, 0.4) is 0 Å². The first kappa shape index (κ1) is 24.7. The summed E-state index contributed by atoms with van der Waals surface area (Å²) in [6.45, 7) is 0.387. The lowest BCUT2D eigenvalue weighted by molar-refractivity contribution is -0.141. The van der Waals surface area contributed by atoms with Crippen LogP contribution in [0.5, 0.6) is 0 Å². The Bertz CT molecular complexity index is 1540. The second-order valence-electron chi connectivity index (χ2n) is 7.77. The molecule has 0 atom stereocenters. The number of carbonyl (C=O) groups is 2. The average molecular weight is 507 g/mol. The lowest BCUT2D eigenvalue weighted by Gasteiger charge is -2.16. The van der Waals surface area contributed by atoms with Crippen LogP contribution in [0.1, 0.15) is 37.8 Å². The molecule has 0 unspecified atom stereocenters. The SMILES string of the molecule is Cc1c(-c2c(C(N)=O)nc3cc(F)ccc3c2C(N)=O)c(C(F)(F)F)nn1Cc1c(F)cccc1F. The van der Waals surface area contributed by atoms with Crippen molar-refractivity contribution < 1.29 is 35.9 Å². The summed E-state index contributed by atoms with van der Waals surface area (Å²) in [5.41, 5.74) is 5.28. The van der Waals surface area contributed by atoms with Gasteiger partial charge in [-0.25, -0.2) is 18.2 Å². The number of alkyl halides is 3. The number of nitrogens with zero attached hydrogens (tertiary/aromatic N) is 3. The highest BCUT2D eigenvalue weighted by Crippen LogP contribution is 2.42. The van der Waals surface area contributed by atoms with Gasteiger partial charge < -0.3 is 11.5 Å². The van der Waals surface area contributed by atoms with Gasteiger partial charge >= 0.3 is 6.18 Å². The highest BCUT2D eigenvalue weighted by atomic mass is 19.4. The molecule has 13 heteroatoms. The maximum Gasteiger partial charge on any atom is 0.435 e. The molecule has 0 aliphatic carbocycles. The first-order chi connectivity index (χ1) is 16.8. The molecule has 4 rings (SSSR count). The van der Waals surface area contributed by atoms with E-state index in [1.807, 2.05) is 0 Å². The van der Waals surface area contributed by atoms with Crippen LogP contribution >= 0.6 is 0 Å². The van der Waals surface area contributed by atoms with Crippen LogP contribution in [0.15, 0.2) is 36.4 Å². The zero-order chi connectivity index (χ0) is 26.5. The number of primary amides is 2. The summed E-state index contributed by atoms with van der Waals surface area (Å²) in [5.74, 6) is -5.44. The van der Waals surface area contributed by atoms with Gasteiger partial charge in [-0.1, -0.05) is 6.07 Å². The minimum atomic E-state index is -5.15. The van der Waals surface area contributed by atoms with Gasteiger partial charge in [-0.2, -0.15) is 18.3 Å². The molecule has 2 aromatic carbocycles. The van der Waals surface area contributed by atoms with E-state index in [9.17, 15) is 35.9 Å². The van der Waals surface area contributed by atoms with Crippen molar-refractivity contribution >= 4 is 22.7 Å². The third kappa shape index (κ3) is 4.12. The van der Waals surface area contributed by atoms with Crippen molar-refractivity contribution in [2.45, 2.75) is 19.6 Å². The number of aromatic nitrogens is 3. The molecule has 2 amide bonds. The number of pyridine rings is 1. The van der Waals surface area contributed by atoms with Gasteiger partial charge in [0.25, 0.3) is 5.91 Å². The van der Waals surface area contributed by atoms with E-state index in [4.69, 9.17) is 11.5 Å². The summed E-state index contributed by atoms with van der Waals surface area (Å²) in [7, 11) is 0. The summed E-state index contributed by atoms with van der Waals surface area (Å²) in [6.07, 6.45) is -5.15. The van der Waals surface area contributed by atoms with Gasteiger partial charge in [0.2, 0.25) is 5.91 Å². The molecule has 0 radical (unpaired) electrons. The number of hydrogen-bond donors (Lipinski definition) is 2. The Morgan fingerprint density at radius 2 is 1.61 bits per heavy atom. The van der Waals surface area contributed by atoms with Crippen LogP contribution in [0.4, 0.5) is 26.3 Å². The Balaban J connectivity index is 2.12. The van der Waals surface area contributed by atoms with Gasteiger partial charge in [0.1, 0.15) is 23.1 Å². The van der Waals surface area contributed by atoms with Crippen molar-refractivity contribution in [1.82, 2.24) is 14.8 Å². The van der Waals surface area contributed by atoms with Crippen LogP contribution in [0.2, 0.25) is 0 Å². The molecule has 186 valence electrons. The molecule has 0 saturated heterocycles. The molecule has 4 aromatic rings. The van der Waals surface area contributed by atoms with Crippen LogP contribution in [-0.4, -0.2) is 26.6 Å². The number of carbonyl (C=O) groups excluding carboxylic acids is 2. The highest BCUT2D eigenvalue weighted by Gasteiger charge is 2.41. The van der Waals surface area contributed by atoms with Crippen LogP contribution < -0.4 is 11.5 Å². The van der Waals surface area contributed by atoms with Gasteiger partial charge in [0.15, 0.2) is 5.69 Å². The summed E-state index contributed by atoms with van der Waals surface area (Å²) < 4.78 is 85.3. The quantitative estimate of drug-likeness (QED) is 0.396. The molecule has 0 aliphatic rings. The van der Waals surface area contributed by atoms with E-state index in [2.05, 4.69) is 10.1 Å². The van der Waals surface area contributed by atoms with E-state index < -0.39 is 75.6 Å². The molecule has 36 heavy (non-hydrogen) atoms. The number of benzene rings is 2. The Kier molecular flexibility index (Phi) is 5.94. The number of amides is 2. The molecule has 0 spiro atoms. The highest BCUT2D eigenvalue weighted by molar-refractivity contribution is 6.15. The zero-order valence-electron chi connectivity index (χ0n) is 18.3. The van der Waals surface area contributed by atoms with Gasteiger partial charge in [0, 0.05) is 33.8 Å². The molecule has 7 nitrogen and oxygen atoms in total. The van der Waals surface area contributed by atoms with E-state index in [0.717, 1.165) is 43.3 Å². The van der Waals surface area contributed by atoms with Crippen LogP contribution in [0, 0.1) is 24.4 Å². The summed E-state index contributed by atoms with van der Waals surface area (Å²) >= 11 is 0. The van der Waals surface area contributed by atoms with Crippen LogP contribution in [-0.2, 0) is 12.7 Å². The predicted octanol–water partition coefficient (Wildman–Crippen LogP) is 4.09. The molecule has 0 saturated carbocycles. The van der Waals surface area contributed by atoms with E-state index in [1.165, 1.54) is 0 Å². The number of nitrogens with two attached hydrogens (primary N) is 2. The average Bonchev–Trinajstić information content (AvgIpc) is 3.10. The minimum Gasteiger partial charge on any atom is -0.366 e. The van der Waals surface area contributed by atoms with Crippen molar-refractivity contribution in [2.24, 2.45) is 11.5 Å². The third-order valence-corrected chi connectivity index (χ3v) is 5.52. The van der Waals surface area contributed by atoms with Gasteiger partial charge in [-0.3, -0.25) is 14.3 Å². The lowest BCUT2D eigenvalue weighted by atomic mass is 9.92. The van der Waals surface area contributed by atoms with Crippen molar-refractivity contribution in [1.29, 1.82) is 0 Å². The van der Waals surface area contributed by atoms with E-state index in [1.54, 1.807) is 0 Å². The van der Waals surface area contributed by atoms with Gasteiger partial charge in [-0.15, -0.1) is 0 Å². The van der Waals surface area contributed by atoms with E-state index in [0.29, 0.717) is 4.68 Å². The first-order valence-corrected chi connectivity index (χ1v) is 10.1. The Morgan fingerprint density at radius 1 is 0.972 bits per heavy atom. The maximum atomic E-state index is 14.2. The Morgan fingerprint density at radius 3 is 2.17 bits per heavy atom. The van der Waals surface area contributed by atoms with Crippen molar-refractivity contribution in [3.8, 4) is 11.1 Å². The van der Waals surface area contributed by atoms with E-state index in [-0.39, 0.29) is 16.6 Å². The maximum absolute atomic E-state index is 14.2. The van der Waals surface area contributed by atoms with Crippen molar-refractivity contribution in [2.75, 3.05) is 0 Å². The molecule has 2 heterocycles. The fraction of sp³-hybridized carbons (Fsp3) is 0.130. The monoisotopic (exact) mass is 507 g/mol. The largest absolute Gasteiger partial charge is 0.435 e. The fourth-order valence-electron chi connectivity index (χ4n) is 3.95. The number of fused-ring (bicyclic) bond motifs is 1. The van der Waals surface area contributed by atoms with Gasteiger partial charge in [-0.05, 0) is 31.2 Å². The second-order valence-corrected chi connectivity index (χ2v) is 7.77. The molecule has 2 aromatic heterocycles. The normalized spacial score (nSPS) is 11.8. The minimum absolute atomic E-state index is 0.149. The van der Waals surface area contributed by atoms with Crippen molar-refractivity contribution in [3.05, 3.63) is 82.1 Å². The van der Waals surface area contributed by atoms with Crippen molar-refractivity contribution in [3.63, 3.8) is 0 Å². The molecular weight excluding hydrogens is 492 g/mol. The summed E-state index contributed by atoms with van der Waals surface area (Å²) in [4.78, 5) is 28.6. The first-order valence-electron chi connectivity index (χ1n) is 10.1. The fourth-order valence-corrected chi connectivity index (χ4v) is 3.95. The standard InChI is InChI=1S/C23H15F6N5O2/c1-9-16(20(23(27,28)29)33-34(9)8-12-13(25)3-2-4-14(12)26)18-17(21(30)35)11-6-5-10(24)7-15(11)32-19(18)22(31)36/h2-7H,8H2,1H3,(H2,30,35)(H2,31,36). The molecule has 0 bridgehead atoms. The van der Waals surface area contributed by atoms with Crippen LogP contribution in [0.25, 0.3) is 22.0 Å². The summed E-state index contributed by atoms with van der Waals surface area (Å²) in [6, 6.07) is 5.76. The van der Waals surface area contributed by atoms with E-state index >= 15 is 0 Å². The zero-order valence-corrected chi connectivity index (χ0v) is 18.3. The Hall–Kier alpha value is -4.42. The Labute approximate surface area is 198 Å². The molecule has 0 fully saturated rings. The van der Waals surface area contributed by atoms with Gasteiger partial charge in [0.05, 0.1) is 17.6 Å². The molecule has 4 N–H and O–H groups in total. The number of hydrogen-bond acceptors (Lipinski definition) is 4. The molecular formula is C23H15F6N5O2. The number of rotatable bonds is 5. The second kappa shape index (κ2) is 8.66. The molecule has 0 aliphatic heterocycles. The predicted molar refractivity (Wildman–Crippen MR) is 115 cm³/mol. The third-order valence-electron chi connectivity index (χ3n) is 5.52. The topological polar surface area (TPSA) is 117 Å². The smallest absolute Gasteiger partial charge is 0.366 e. The lowest BCUT2D eigenvalue weighted by Crippen LogP contribution is -2.21. The number of halogens is 6.